The van der Waals surface area contributed by atoms with Crippen LogP contribution in [-0.4, -0.2) is 13.2 Å². The Hall–Kier alpha value is -1.66. The van der Waals surface area contributed by atoms with Crippen molar-refractivity contribution in [1.29, 1.82) is 0 Å². The molecule has 1 aromatic heterocycles. The van der Waals surface area contributed by atoms with Gasteiger partial charge >= 0.3 is 6.61 Å². The molecule has 2 rings (SSSR count). The third-order valence-corrected chi connectivity index (χ3v) is 3.49. The fourth-order valence-corrected chi connectivity index (χ4v) is 2.54. The van der Waals surface area contributed by atoms with Crippen molar-refractivity contribution >= 4 is 11.3 Å². The number of hydrogen-bond acceptors (Lipinski definition) is 4. The lowest BCUT2D eigenvalue weighted by Gasteiger charge is -2.13. The summed E-state index contributed by atoms with van der Waals surface area (Å²) in [6, 6.07) is 7.05. The molecule has 0 spiro atoms. The molecule has 1 heterocycles. The van der Waals surface area contributed by atoms with E-state index in [1.807, 2.05) is 5.38 Å². The smallest absolute Gasteiger partial charge is 0.387 e. The van der Waals surface area contributed by atoms with Crippen LogP contribution in [-0.2, 0) is 13.1 Å². The van der Waals surface area contributed by atoms with E-state index in [-0.39, 0.29) is 5.75 Å². The number of benzene rings is 1. The van der Waals surface area contributed by atoms with E-state index in [0.717, 1.165) is 12.1 Å². The van der Waals surface area contributed by atoms with E-state index in [1.165, 1.54) is 11.6 Å². The fourth-order valence-electron chi connectivity index (χ4n) is 1.87. The standard InChI is InChI=1S/C15H17F2NO2S/c1-2-19-14-7-11(3-4-13(14)20-15(16)17)8-18-9-12-5-6-21-10-12/h3-7,10,15,18H,2,8-9H2,1H3. The molecule has 0 saturated carbocycles. The molecule has 0 aliphatic heterocycles. The van der Waals surface area contributed by atoms with Crippen molar-refractivity contribution in [2.75, 3.05) is 6.61 Å². The van der Waals surface area contributed by atoms with Crippen LogP contribution in [0.15, 0.2) is 35.0 Å². The van der Waals surface area contributed by atoms with Gasteiger partial charge in [0.1, 0.15) is 0 Å². The summed E-state index contributed by atoms with van der Waals surface area (Å²) in [7, 11) is 0. The lowest BCUT2D eigenvalue weighted by atomic mass is 10.2. The van der Waals surface area contributed by atoms with Gasteiger partial charge < -0.3 is 14.8 Å². The molecular weight excluding hydrogens is 296 g/mol. The second-order valence-electron chi connectivity index (χ2n) is 4.33. The second kappa shape index (κ2) is 7.95. The third kappa shape index (κ3) is 4.99. The maximum Gasteiger partial charge on any atom is 0.387 e. The minimum absolute atomic E-state index is 0.0634. The minimum atomic E-state index is -2.85. The van der Waals surface area contributed by atoms with Crippen molar-refractivity contribution in [2.45, 2.75) is 26.6 Å². The van der Waals surface area contributed by atoms with Gasteiger partial charge in [0.05, 0.1) is 6.61 Å². The lowest BCUT2D eigenvalue weighted by Crippen LogP contribution is -2.12. The predicted octanol–water partition coefficient (Wildman–Crippen LogP) is 4.04. The Morgan fingerprint density at radius 1 is 1.14 bits per heavy atom. The highest BCUT2D eigenvalue weighted by Gasteiger charge is 2.11. The van der Waals surface area contributed by atoms with Gasteiger partial charge in [-0.2, -0.15) is 20.1 Å². The van der Waals surface area contributed by atoms with E-state index in [1.54, 1.807) is 30.4 Å². The van der Waals surface area contributed by atoms with E-state index in [9.17, 15) is 8.78 Å². The second-order valence-corrected chi connectivity index (χ2v) is 5.11. The fraction of sp³-hybridized carbons (Fsp3) is 0.333. The van der Waals surface area contributed by atoms with Crippen molar-refractivity contribution < 1.29 is 18.3 Å². The Kier molecular flexibility index (Phi) is 5.95. The summed E-state index contributed by atoms with van der Waals surface area (Å²) >= 11 is 1.65. The molecule has 0 unspecified atom stereocenters. The summed E-state index contributed by atoms with van der Waals surface area (Å²) in [5.41, 5.74) is 2.18. The van der Waals surface area contributed by atoms with Crippen LogP contribution in [0.5, 0.6) is 11.5 Å². The van der Waals surface area contributed by atoms with Crippen molar-refractivity contribution in [3.63, 3.8) is 0 Å². The monoisotopic (exact) mass is 313 g/mol. The van der Waals surface area contributed by atoms with Gasteiger partial charge in [-0.05, 0) is 47.0 Å². The minimum Gasteiger partial charge on any atom is -0.490 e. The number of alkyl halides is 2. The van der Waals surface area contributed by atoms with Crippen molar-refractivity contribution in [1.82, 2.24) is 5.32 Å². The Balaban J connectivity index is 1.97. The molecule has 0 aliphatic carbocycles. The van der Waals surface area contributed by atoms with Crippen LogP contribution in [0.1, 0.15) is 18.1 Å². The van der Waals surface area contributed by atoms with Gasteiger partial charge in [0.15, 0.2) is 11.5 Å². The molecule has 3 nitrogen and oxygen atoms in total. The average molecular weight is 313 g/mol. The number of nitrogens with one attached hydrogen (secondary N) is 1. The summed E-state index contributed by atoms with van der Waals surface area (Å²) in [5.74, 6) is 0.404. The molecule has 0 atom stereocenters. The number of hydrogen-bond donors (Lipinski definition) is 1. The Morgan fingerprint density at radius 3 is 2.62 bits per heavy atom. The molecular formula is C15H17F2NO2S. The first-order valence-corrected chi connectivity index (χ1v) is 7.55. The zero-order valence-electron chi connectivity index (χ0n) is 11.6. The molecule has 0 fully saturated rings. The van der Waals surface area contributed by atoms with Gasteiger partial charge in [-0.1, -0.05) is 6.07 Å². The van der Waals surface area contributed by atoms with E-state index >= 15 is 0 Å². The van der Waals surface area contributed by atoms with E-state index in [4.69, 9.17) is 4.74 Å². The van der Waals surface area contributed by atoms with Crippen molar-refractivity contribution in [2.24, 2.45) is 0 Å². The molecule has 1 N–H and O–H groups in total. The molecule has 1 aromatic carbocycles. The van der Waals surface area contributed by atoms with Gasteiger partial charge in [0.2, 0.25) is 0 Å². The molecule has 114 valence electrons. The van der Waals surface area contributed by atoms with Crippen LogP contribution >= 0.6 is 11.3 Å². The summed E-state index contributed by atoms with van der Waals surface area (Å²) in [6.07, 6.45) is 0. The van der Waals surface area contributed by atoms with Gasteiger partial charge in [-0.25, -0.2) is 0 Å². The molecule has 0 radical (unpaired) electrons. The molecule has 6 heteroatoms. The van der Waals surface area contributed by atoms with Crippen LogP contribution in [0.2, 0.25) is 0 Å². The first-order valence-electron chi connectivity index (χ1n) is 6.61. The molecule has 2 aromatic rings. The van der Waals surface area contributed by atoms with E-state index < -0.39 is 6.61 Å². The van der Waals surface area contributed by atoms with Gasteiger partial charge in [-0.15, -0.1) is 0 Å². The van der Waals surface area contributed by atoms with Crippen LogP contribution in [0.25, 0.3) is 0 Å². The number of thiophene rings is 1. The van der Waals surface area contributed by atoms with Gasteiger partial charge in [0.25, 0.3) is 0 Å². The quantitative estimate of drug-likeness (QED) is 0.798. The zero-order valence-corrected chi connectivity index (χ0v) is 12.5. The summed E-state index contributed by atoms with van der Waals surface area (Å²) in [5, 5.41) is 7.41. The van der Waals surface area contributed by atoms with Gasteiger partial charge in [0, 0.05) is 13.1 Å². The van der Waals surface area contributed by atoms with Crippen LogP contribution < -0.4 is 14.8 Å². The van der Waals surface area contributed by atoms with Crippen molar-refractivity contribution in [3.8, 4) is 11.5 Å². The SMILES string of the molecule is CCOc1cc(CNCc2ccsc2)ccc1OC(F)F. The first-order chi connectivity index (χ1) is 10.2. The third-order valence-electron chi connectivity index (χ3n) is 2.76. The highest BCUT2D eigenvalue weighted by atomic mass is 32.1. The molecule has 0 saturated heterocycles. The highest BCUT2D eigenvalue weighted by molar-refractivity contribution is 7.07. The maximum atomic E-state index is 12.3. The molecule has 21 heavy (non-hydrogen) atoms. The van der Waals surface area contributed by atoms with Crippen LogP contribution in [0.3, 0.4) is 0 Å². The highest BCUT2D eigenvalue weighted by Crippen LogP contribution is 2.29. The predicted molar refractivity (Wildman–Crippen MR) is 79.1 cm³/mol. The summed E-state index contributed by atoms with van der Waals surface area (Å²) in [4.78, 5) is 0. The topological polar surface area (TPSA) is 30.5 Å². The van der Waals surface area contributed by atoms with Crippen molar-refractivity contribution in [3.05, 3.63) is 46.2 Å². The Morgan fingerprint density at radius 2 is 1.95 bits per heavy atom. The Labute approximate surface area is 126 Å². The van der Waals surface area contributed by atoms with Gasteiger partial charge in [-0.3, -0.25) is 0 Å². The van der Waals surface area contributed by atoms with Crippen LogP contribution in [0, 0.1) is 0 Å². The molecule has 0 amide bonds. The average Bonchev–Trinajstić information content (AvgIpc) is 2.94. The molecule has 0 bridgehead atoms. The lowest BCUT2D eigenvalue weighted by molar-refractivity contribution is -0.0514. The number of halogens is 2. The molecule has 0 aliphatic rings. The first kappa shape index (κ1) is 15.7. The number of ether oxygens (including phenoxy) is 2. The van der Waals surface area contributed by atoms with E-state index in [0.29, 0.717) is 18.9 Å². The normalized spacial score (nSPS) is 10.9. The summed E-state index contributed by atoms with van der Waals surface area (Å²) < 4.78 is 34.4. The van der Waals surface area contributed by atoms with E-state index in [2.05, 4.69) is 21.5 Å². The zero-order chi connectivity index (χ0) is 15.1. The number of rotatable bonds is 8. The van der Waals surface area contributed by atoms with Crippen LogP contribution in [0.4, 0.5) is 8.78 Å². The summed E-state index contributed by atoms with van der Waals surface area (Å²) in [6.45, 7) is 0.735. The largest absolute Gasteiger partial charge is 0.490 e. The maximum absolute atomic E-state index is 12.3. The Bertz CT molecular complexity index is 547.